The maximum Gasteiger partial charge on any atom is 2.00 e. The number of hydrogen-bond donors (Lipinski definition) is 4. The molecule has 0 saturated carbocycles. The molecule has 0 aliphatic heterocycles. The molecule has 0 aliphatic carbocycles. The van der Waals surface area contributed by atoms with Crippen molar-refractivity contribution in [3.63, 3.8) is 0 Å². The van der Waals surface area contributed by atoms with Crippen LogP contribution in [0.15, 0.2) is 49.6 Å². The van der Waals surface area contributed by atoms with Gasteiger partial charge in [0.15, 0.2) is 23.3 Å². The van der Waals surface area contributed by atoms with Crippen LogP contribution in [0.4, 0.5) is 0 Å². The molecule has 0 unspecified atom stereocenters. The molecule has 2 amide bonds. The van der Waals surface area contributed by atoms with Gasteiger partial charge in [0.1, 0.15) is 0 Å². The van der Waals surface area contributed by atoms with Gasteiger partial charge in [0.25, 0.3) is 0 Å². The summed E-state index contributed by atoms with van der Waals surface area (Å²) in [4.78, 5) is 49.5. The molecule has 4 N–H and O–H groups in total. The summed E-state index contributed by atoms with van der Waals surface area (Å²) >= 11 is 0. The van der Waals surface area contributed by atoms with Gasteiger partial charge < -0.3 is 29.7 Å². The molecule has 0 atom stereocenters. The molecular weight excluding hydrogens is 651 g/mol. The molecule has 0 saturated heterocycles. The van der Waals surface area contributed by atoms with E-state index in [1.165, 1.54) is 9.80 Å². The van der Waals surface area contributed by atoms with Crippen LogP contribution >= 0.6 is 0 Å². The largest absolute Gasteiger partial charge is 2.00 e. The van der Waals surface area contributed by atoms with Crippen LogP contribution in [0.2, 0.25) is 0 Å². The van der Waals surface area contributed by atoms with Gasteiger partial charge in [0.05, 0.1) is 0 Å². The third kappa shape index (κ3) is 32.7. The van der Waals surface area contributed by atoms with Crippen molar-refractivity contribution in [1.29, 1.82) is 0 Å². The van der Waals surface area contributed by atoms with E-state index in [4.69, 9.17) is 37.3 Å². The third-order valence-corrected chi connectivity index (χ3v) is 2.86. The third-order valence-electron chi connectivity index (χ3n) is 2.86. The summed E-state index contributed by atoms with van der Waals surface area (Å²) in [7, 11) is -3.14. The van der Waals surface area contributed by atoms with Gasteiger partial charge in [-0.15, -0.1) is 20.5 Å². The molecule has 4 aromatic rings. The van der Waals surface area contributed by atoms with Gasteiger partial charge in [-0.25, -0.2) is 57.2 Å². The van der Waals surface area contributed by atoms with Crippen LogP contribution in [-0.4, -0.2) is 90.7 Å². The molecule has 41 heavy (non-hydrogen) atoms. The average molecular weight is 677 g/mol. The number of hydrogen-bond acceptors (Lipinski definition) is 14. The van der Waals surface area contributed by atoms with Crippen LogP contribution < -0.4 is 37.3 Å². The van der Waals surface area contributed by atoms with E-state index in [2.05, 4.69) is 39.9 Å². The summed E-state index contributed by atoms with van der Waals surface area (Å²) in [5.74, 6) is 3.07. The number of imidazole rings is 4. The molecule has 0 fully saturated rings. The normalized spacial score (nSPS) is 9.46. The molecule has 233 valence electrons. The predicted molar refractivity (Wildman–Crippen MR) is 112 cm³/mol. The quantitative estimate of drug-likeness (QED) is 0.115. The van der Waals surface area contributed by atoms with E-state index in [1.807, 2.05) is 0 Å². The van der Waals surface area contributed by atoms with Crippen LogP contribution in [-0.2, 0) is 26.7 Å². The summed E-state index contributed by atoms with van der Waals surface area (Å²) in [6.45, 7) is 0. The number of aromatic amines is 4. The monoisotopic (exact) mass is 675 g/mol. The van der Waals surface area contributed by atoms with Crippen LogP contribution in [0, 0.1) is 20.5 Å². The summed E-state index contributed by atoms with van der Waals surface area (Å²) in [5.41, 5.74) is 0. The second kappa shape index (κ2) is 23.3. The van der Waals surface area contributed by atoms with Crippen LogP contribution in [0.3, 0.4) is 0 Å². The first-order chi connectivity index (χ1) is 18.5. The van der Waals surface area contributed by atoms with Gasteiger partial charge >= 0.3 is 17.1 Å². The number of carbonyl (C=O) groups is 2. The Hall–Kier alpha value is -3.44. The van der Waals surface area contributed by atoms with Crippen LogP contribution in [0.25, 0.3) is 23.3 Å². The predicted octanol–water partition coefficient (Wildman–Crippen LogP) is -8.51. The number of nitrogens with one attached hydrogen (secondary N) is 4. The van der Waals surface area contributed by atoms with Crippen molar-refractivity contribution in [2.24, 2.45) is 0 Å². The van der Waals surface area contributed by atoms with Gasteiger partial charge in [-0.2, -0.15) is 0 Å². The number of carbonyl (C=O) groups excluding carboxylic acids is 2. The van der Waals surface area contributed by atoms with Crippen molar-refractivity contribution in [2.45, 2.75) is 0 Å². The zero-order valence-electron chi connectivity index (χ0n) is 21.6. The SMILES string of the molecule is CN(C)C=O.CN(C)C=O.[Cu+2].[O-][Cl+3]([O-])([O-])[O-].[O-][Cl+3]([O-])([O-])[O-].c1c[nH]c(-c2ncc[nH]2)n1.c1c[nH]c(-c2ncc[nH]2)n1. The summed E-state index contributed by atoms with van der Waals surface area (Å²) in [5, 5.41) is 0. The first kappa shape index (κ1) is 42.0. The number of halogens is 2. The van der Waals surface area contributed by atoms with Crippen LogP contribution in [0.1, 0.15) is 0 Å². The summed E-state index contributed by atoms with van der Waals surface area (Å²) in [6, 6.07) is 0. The number of H-pyrrole nitrogens is 4. The van der Waals surface area contributed by atoms with Crippen molar-refractivity contribution in [3.05, 3.63) is 49.6 Å². The molecule has 23 heteroatoms. The van der Waals surface area contributed by atoms with E-state index in [1.54, 1.807) is 77.8 Å². The van der Waals surface area contributed by atoms with Gasteiger partial charge in [-0.3, -0.25) is 9.59 Å². The summed E-state index contributed by atoms with van der Waals surface area (Å²) in [6.07, 6.45) is 15.3. The molecule has 4 aromatic heterocycles. The first-order valence-corrected chi connectivity index (χ1v) is 12.4. The number of nitrogens with zero attached hydrogens (tertiary/aromatic N) is 6. The number of rotatable bonds is 4. The van der Waals surface area contributed by atoms with Crippen molar-refractivity contribution in [2.75, 3.05) is 28.2 Å². The fraction of sp³-hybridized carbons (Fsp3) is 0.222. The standard InChI is InChI=1S/2C6H6N4.2C3H7NO.2ClHO4.Cu/c2*1-2-8-5(7-1)6-9-3-4-10-6;2*1-4(2)3-5;2*2-1(3,4)5;/h2*1-4H,(H,7,8)(H,9,10);2*3H,1-2H3;2*(H,2,3,4,5);/q;;;;;;+2/p-2. The minimum Gasteiger partial charge on any atom is -0.351 e. The Bertz CT molecular complexity index is 926. The molecule has 0 aliphatic rings. The Balaban J connectivity index is -0.000000439. The van der Waals surface area contributed by atoms with Crippen molar-refractivity contribution >= 4 is 12.8 Å². The summed E-state index contributed by atoms with van der Waals surface area (Å²) < 4.78 is 67.9. The van der Waals surface area contributed by atoms with E-state index >= 15 is 0 Å². The van der Waals surface area contributed by atoms with E-state index in [-0.39, 0.29) is 17.1 Å². The van der Waals surface area contributed by atoms with E-state index in [0.29, 0.717) is 0 Å². The molecule has 1 radical (unpaired) electrons. The molecule has 0 spiro atoms. The van der Waals surface area contributed by atoms with Gasteiger partial charge in [0.2, 0.25) is 12.8 Å². The fourth-order valence-electron chi connectivity index (χ4n) is 1.58. The molecule has 20 nitrogen and oxygen atoms in total. The smallest absolute Gasteiger partial charge is 0.351 e. The topological polar surface area (TPSA) is 340 Å². The van der Waals surface area contributed by atoms with Crippen molar-refractivity contribution < 1.29 is 84.4 Å². The van der Waals surface area contributed by atoms with Gasteiger partial charge in [-0.05, 0) is 0 Å². The van der Waals surface area contributed by atoms with E-state index in [0.717, 1.165) is 36.1 Å². The molecule has 0 aromatic carbocycles. The second-order valence-corrected chi connectivity index (χ2v) is 8.16. The van der Waals surface area contributed by atoms with Gasteiger partial charge in [-0.1, -0.05) is 0 Å². The average Bonchev–Trinajstić information content (AvgIpc) is 3.65. The molecule has 4 rings (SSSR count). The molecular formula is C18H26Cl2CuN10O10. The van der Waals surface area contributed by atoms with Crippen molar-refractivity contribution in [3.8, 4) is 23.3 Å². The zero-order valence-corrected chi connectivity index (χ0v) is 24.1. The Morgan fingerprint density at radius 1 is 0.537 bits per heavy atom. The maximum atomic E-state index is 9.43. The Kier molecular flexibility index (Phi) is 23.9. The Labute approximate surface area is 247 Å². The van der Waals surface area contributed by atoms with E-state index < -0.39 is 20.5 Å². The zero-order chi connectivity index (χ0) is 31.2. The van der Waals surface area contributed by atoms with Gasteiger partial charge in [0, 0.05) is 77.8 Å². The number of aromatic nitrogens is 8. The van der Waals surface area contributed by atoms with Crippen LogP contribution in [0.5, 0.6) is 0 Å². The first-order valence-electron chi connectivity index (χ1n) is 9.93. The van der Waals surface area contributed by atoms with Crippen molar-refractivity contribution in [1.82, 2.24) is 49.7 Å². The molecule has 4 heterocycles. The fourth-order valence-corrected chi connectivity index (χ4v) is 1.58. The minimum atomic E-state index is -4.94. The minimum absolute atomic E-state index is 0. The van der Waals surface area contributed by atoms with E-state index in [9.17, 15) is 9.59 Å². The number of amides is 2. The Morgan fingerprint density at radius 2 is 0.683 bits per heavy atom. The Morgan fingerprint density at radius 3 is 0.756 bits per heavy atom. The molecule has 0 bridgehead atoms. The maximum absolute atomic E-state index is 9.43. The second-order valence-electron chi connectivity index (χ2n) is 6.65.